The number of unbranched alkanes of at least 4 members (excludes halogenated alkanes) is 2. The van der Waals surface area contributed by atoms with Crippen LogP contribution in [0.3, 0.4) is 0 Å². The van der Waals surface area contributed by atoms with Crippen LogP contribution in [0.15, 0.2) is 54.6 Å². The van der Waals surface area contributed by atoms with Crippen LogP contribution in [0.25, 0.3) is 21.5 Å². The van der Waals surface area contributed by atoms with Crippen molar-refractivity contribution in [2.75, 3.05) is 6.54 Å². The number of carbonyl (C=O) groups excluding carboxylic acids is 1. The zero-order valence-corrected chi connectivity index (χ0v) is 16.0. The van der Waals surface area contributed by atoms with Gasteiger partial charge in [-0.15, -0.1) is 0 Å². The first kappa shape index (κ1) is 19.8. The van der Waals surface area contributed by atoms with Crippen molar-refractivity contribution < 1.29 is 11.0 Å². The lowest BCUT2D eigenvalue weighted by molar-refractivity contribution is 0.140. The van der Waals surface area contributed by atoms with Crippen LogP contribution in [-0.2, 0) is 11.3 Å². The van der Waals surface area contributed by atoms with Crippen molar-refractivity contribution in [1.82, 2.24) is 5.32 Å². The molecule has 0 aliphatic heterocycles. The number of amides is 1. The van der Waals surface area contributed by atoms with Gasteiger partial charge in [0.1, 0.15) is 6.61 Å². The van der Waals surface area contributed by atoms with Crippen LogP contribution in [-0.4, -0.2) is 12.6 Å². The number of benzene rings is 3. The van der Waals surface area contributed by atoms with Gasteiger partial charge in [0.15, 0.2) is 0 Å². The van der Waals surface area contributed by atoms with Gasteiger partial charge in [0.25, 0.3) is 0 Å². The highest BCUT2D eigenvalue weighted by molar-refractivity contribution is 6.02. The Morgan fingerprint density at radius 1 is 0.962 bits per heavy atom. The molecule has 26 heavy (non-hydrogen) atoms. The third-order valence-corrected chi connectivity index (χ3v) is 4.28. The average Bonchev–Trinajstić information content (AvgIpc) is 2.70. The number of carbonyl (C=O) groups is 1. The van der Waals surface area contributed by atoms with Crippen LogP contribution < -0.4 is 5.32 Å². The Bertz CT molecular complexity index is 794. The minimum atomic E-state index is -0.344. The van der Waals surface area contributed by atoms with Gasteiger partial charge >= 0.3 is 6.09 Å². The molecule has 0 aromatic heterocycles. The topological polar surface area (TPSA) is 38.3 Å². The van der Waals surface area contributed by atoms with Gasteiger partial charge in [-0.2, -0.15) is 0 Å². The third-order valence-electron chi connectivity index (χ3n) is 4.28. The van der Waals surface area contributed by atoms with Crippen molar-refractivity contribution >= 4 is 27.6 Å². The van der Waals surface area contributed by atoms with Gasteiger partial charge < -0.3 is 10.1 Å². The molecule has 0 saturated carbocycles. The molecule has 0 spiro atoms. The minimum Gasteiger partial charge on any atom is -0.445 e. The Morgan fingerprint density at radius 2 is 1.54 bits per heavy atom. The summed E-state index contributed by atoms with van der Waals surface area (Å²) in [6.07, 6.45) is 2.90. The van der Waals surface area contributed by atoms with E-state index in [0.29, 0.717) is 6.54 Å². The maximum atomic E-state index is 11.9. The summed E-state index contributed by atoms with van der Waals surface area (Å²) in [6, 6.07) is 18.6. The Balaban J connectivity index is 0.00000118. The van der Waals surface area contributed by atoms with Crippen molar-refractivity contribution in [2.45, 2.75) is 46.6 Å². The molecule has 140 valence electrons. The Kier molecular flexibility index (Phi) is 7.94. The second-order valence-corrected chi connectivity index (χ2v) is 6.01. The highest BCUT2D eigenvalue weighted by Crippen LogP contribution is 2.28. The summed E-state index contributed by atoms with van der Waals surface area (Å²) in [4.78, 5) is 11.9. The van der Waals surface area contributed by atoms with Gasteiger partial charge in [-0.3, -0.25) is 0 Å². The Hall–Kier alpha value is -2.55. The number of nitrogens with one attached hydrogen (secondary N) is 1. The highest BCUT2D eigenvalue weighted by Gasteiger charge is 2.09. The monoisotopic (exact) mass is 353 g/mol. The predicted octanol–water partition coefficient (Wildman–Crippen LogP) is 6.68. The first-order valence-electron chi connectivity index (χ1n) is 9.59. The molecule has 1 N–H and O–H groups in total. The SMILES string of the molecule is CC.CCCCCNC(=O)OCc1c2ccccc2cc2ccccc12.[HH]. The van der Waals surface area contributed by atoms with E-state index >= 15 is 0 Å². The third kappa shape index (κ3) is 4.98. The second-order valence-electron chi connectivity index (χ2n) is 6.01. The lowest BCUT2D eigenvalue weighted by Gasteiger charge is -2.12. The van der Waals surface area contributed by atoms with Crippen LogP contribution in [0.2, 0.25) is 0 Å². The van der Waals surface area contributed by atoms with Gasteiger partial charge in [-0.1, -0.05) is 82.1 Å². The summed E-state index contributed by atoms with van der Waals surface area (Å²) in [6.45, 7) is 7.09. The summed E-state index contributed by atoms with van der Waals surface area (Å²) >= 11 is 0. The molecule has 3 aromatic carbocycles. The number of alkyl carbamates (subject to hydrolysis) is 1. The summed E-state index contributed by atoms with van der Waals surface area (Å²) in [7, 11) is 0. The van der Waals surface area contributed by atoms with Crippen molar-refractivity contribution in [3.8, 4) is 0 Å². The van der Waals surface area contributed by atoms with Crippen LogP contribution in [0.5, 0.6) is 0 Å². The predicted molar refractivity (Wildman–Crippen MR) is 113 cm³/mol. The van der Waals surface area contributed by atoms with Crippen LogP contribution in [0.1, 0.15) is 47.0 Å². The molecule has 0 aliphatic carbocycles. The van der Waals surface area contributed by atoms with Gasteiger partial charge in [-0.05, 0) is 34.0 Å². The molecule has 3 heteroatoms. The molecular formula is C23H31NO2. The maximum absolute atomic E-state index is 11.9. The van der Waals surface area contributed by atoms with Gasteiger partial charge in [0.2, 0.25) is 0 Å². The normalized spacial score (nSPS) is 10.3. The first-order valence-corrected chi connectivity index (χ1v) is 9.59. The quantitative estimate of drug-likeness (QED) is 0.396. The van der Waals surface area contributed by atoms with Crippen molar-refractivity contribution in [3.05, 3.63) is 60.2 Å². The molecule has 0 bridgehead atoms. The van der Waals surface area contributed by atoms with Crippen LogP contribution in [0.4, 0.5) is 4.79 Å². The summed E-state index contributed by atoms with van der Waals surface area (Å²) in [5, 5.41) is 7.42. The van der Waals surface area contributed by atoms with E-state index in [2.05, 4.69) is 42.6 Å². The molecule has 3 nitrogen and oxygen atoms in total. The summed E-state index contributed by atoms with van der Waals surface area (Å²) in [5.74, 6) is 0. The molecule has 0 aliphatic rings. The fourth-order valence-electron chi connectivity index (χ4n) is 3.02. The van der Waals surface area contributed by atoms with Gasteiger partial charge in [0, 0.05) is 13.5 Å². The maximum Gasteiger partial charge on any atom is 0.407 e. The van der Waals surface area contributed by atoms with E-state index in [1.807, 2.05) is 38.1 Å². The molecule has 0 atom stereocenters. The first-order chi connectivity index (χ1) is 12.8. The lowest BCUT2D eigenvalue weighted by Crippen LogP contribution is -2.25. The van der Waals surface area contributed by atoms with E-state index in [1.54, 1.807) is 0 Å². The second kappa shape index (κ2) is 10.4. The smallest absolute Gasteiger partial charge is 0.407 e. The number of hydrogen-bond donors (Lipinski definition) is 1. The van der Waals surface area contributed by atoms with E-state index in [4.69, 9.17) is 4.74 Å². The fourth-order valence-corrected chi connectivity index (χ4v) is 3.02. The molecule has 0 saturated heterocycles. The minimum absolute atomic E-state index is 0. The average molecular weight is 354 g/mol. The largest absolute Gasteiger partial charge is 0.445 e. The van der Waals surface area contributed by atoms with Crippen LogP contribution >= 0.6 is 0 Å². The highest BCUT2D eigenvalue weighted by atomic mass is 16.5. The molecular weight excluding hydrogens is 322 g/mol. The molecule has 0 heterocycles. The zero-order valence-electron chi connectivity index (χ0n) is 16.0. The lowest BCUT2D eigenvalue weighted by atomic mass is 9.97. The molecule has 3 rings (SSSR count). The van der Waals surface area contributed by atoms with Gasteiger partial charge in [-0.25, -0.2) is 4.79 Å². The van der Waals surface area contributed by atoms with Crippen molar-refractivity contribution in [3.63, 3.8) is 0 Å². The molecule has 0 fully saturated rings. The van der Waals surface area contributed by atoms with E-state index in [-0.39, 0.29) is 14.1 Å². The zero-order chi connectivity index (χ0) is 18.8. The Morgan fingerprint density at radius 3 is 2.12 bits per heavy atom. The molecule has 1 amide bonds. The van der Waals surface area contributed by atoms with Crippen molar-refractivity contribution in [1.29, 1.82) is 0 Å². The van der Waals surface area contributed by atoms with Crippen LogP contribution in [0, 0.1) is 0 Å². The Labute approximate surface area is 157 Å². The molecule has 3 aromatic rings. The fraction of sp³-hybridized carbons (Fsp3) is 0.348. The van der Waals surface area contributed by atoms with E-state index < -0.39 is 0 Å². The standard InChI is InChI=1S/C21H23NO2.C2H6.H2/c1-2-3-8-13-22-21(23)24-15-20-18-11-6-4-9-16(18)14-17-10-5-7-12-19(17)20;1-2;/h4-7,9-12,14H,2-3,8,13,15H2,1H3,(H,22,23);1-2H3;1H. The molecule has 0 unspecified atom stereocenters. The summed E-state index contributed by atoms with van der Waals surface area (Å²) in [5.41, 5.74) is 1.06. The molecule has 0 radical (unpaired) electrons. The number of rotatable bonds is 6. The van der Waals surface area contributed by atoms with E-state index in [0.717, 1.165) is 46.4 Å². The van der Waals surface area contributed by atoms with E-state index in [1.165, 1.54) is 0 Å². The number of hydrogen-bond acceptors (Lipinski definition) is 2. The van der Waals surface area contributed by atoms with Crippen molar-refractivity contribution in [2.24, 2.45) is 0 Å². The van der Waals surface area contributed by atoms with Gasteiger partial charge in [0.05, 0.1) is 0 Å². The summed E-state index contributed by atoms with van der Waals surface area (Å²) < 4.78 is 5.47. The van der Waals surface area contributed by atoms with E-state index in [9.17, 15) is 4.79 Å². The number of fused-ring (bicyclic) bond motifs is 2. The number of ether oxygens (including phenoxy) is 1.